The maximum Gasteiger partial charge on any atom is 0.283 e. The summed E-state index contributed by atoms with van der Waals surface area (Å²) in [5.74, 6) is 0.719. The Morgan fingerprint density at radius 3 is 2.47 bits per heavy atom. The smallest absolute Gasteiger partial charge is 0.283 e. The van der Waals surface area contributed by atoms with Crippen molar-refractivity contribution in [3.8, 4) is 11.5 Å². The number of rotatable bonds is 4. The molecule has 0 saturated heterocycles. The van der Waals surface area contributed by atoms with E-state index in [1.807, 2.05) is 0 Å². The van der Waals surface area contributed by atoms with E-state index in [1.54, 1.807) is 31.4 Å². The Morgan fingerprint density at radius 2 is 1.89 bits per heavy atom. The van der Waals surface area contributed by atoms with E-state index in [0.717, 1.165) is 10.6 Å². The van der Waals surface area contributed by atoms with Crippen molar-refractivity contribution in [1.29, 1.82) is 0 Å². The fraction of sp³-hybridized carbons (Fsp3) is 0.0769. The van der Waals surface area contributed by atoms with Gasteiger partial charge in [0.2, 0.25) is 0 Å². The monoisotopic (exact) mass is 277 g/mol. The van der Waals surface area contributed by atoms with Gasteiger partial charge in [-0.1, -0.05) is 11.8 Å². The van der Waals surface area contributed by atoms with Crippen LogP contribution < -0.4 is 4.74 Å². The van der Waals surface area contributed by atoms with Crippen molar-refractivity contribution in [3.63, 3.8) is 0 Å². The minimum Gasteiger partial charge on any atom is -0.508 e. The highest BCUT2D eigenvalue weighted by atomic mass is 32.2. The highest BCUT2D eigenvalue weighted by molar-refractivity contribution is 7.99. The van der Waals surface area contributed by atoms with Gasteiger partial charge < -0.3 is 9.84 Å². The topological polar surface area (TPSA) is 72.6 Å². The van der Waals surface area contributed by atoms with E-state index < -0.39 is 4.92 Å². The quantitative estimate of drug-likeness (QED) is 0.684. The Balaban J connectivity index is 2.31. The lowest BCUT2D eigenvalue weighted by Gasteiger charge is -2.05. The van der Waals surface area contributed by atoms with E-state index in [1.165, 1.54) is 30.0 Å². The second-order valence-electron chi connectivity index (χ2n) is 3.69. The Labute approximate surface area is 114 Å². The van der Waals surface area contributed by atoms with Gasteiger partial charge in [0.1, 0.15) is 11.5 Å². The first kappa shape index (κ1) is 13.2. The van der Waals surface area contributed by atoms with Gasteiger partial charge in [-0.2, -0.15) is 0 Å². The number of benzene rings is 2. The summed E-state index contributed by atoms with van der Waals surface area (Å²) in [4.78, 5) is 11.7. The highest BCUT2D eigenvalue weighted by Gasteiger charge is 2.15. The lowest BCUT2D eigenvalue weighted by molar-refractivity contribution is -0.387. The second kappa shape index (κ2) is 5.62. The molecule has 0 aliphatic heterocycles. The summed E-state index contributed by atoms with van der Waals surface area (Å²) >= 11 is 1.22. The third-order valence-corrected chi connectivity index (χ3v) is 3.48. The number of nitro groups is 1. The molecule has 2 rings (SSSR count). The first-order valence-electron chi connectivity index (χ1n) is 5.39. The summed E-state index contributed by atoms with van der Waals surface area (Å²) in [6, 6.07) is 11.1. The maximum absolute atomic E-state index is 10.9. The molecule has 0 bridgehead atoms. The van der Waals surface area contributed by atoms with Gasteiger partial charge in [0, 0.05) is 17.0 Å². The van der Waals surface area contributed by atoms with Crippen molar-refractivity contribution in [2.75, 3.05) is 7.11 Å². The molecule has 5 nitrogen and oxygen atoms in total. The van der Waals surface area contributed by atoms with Crippen LogP contribution in [-0.2, 0) is 0 Å². The molecule has 19 heavy (non-hydrogen) atoms. The molecule has 0 aliphatic carbocycles. The van der Waals surface area contributed by atoms with Gasteiger partial charge in [-0.05, 0) is 30.3 Å². The Kier molecular flexibility index (Phi) is 3.91. The lowest BCUT2D eigenvalue weighted by Crippen LogP contribution is -1.90. The maximum atomic E-state index is 10.9. The number of methoxy groups -OCH3 is 1. The second-order valence-corrected chi connectivity index (χ2v) is 4.80. The van der Waals surface area contributed by atoms with E-state index >= 15 is 0 Å². The molecule has 0 heterocycles. The van der Waals surface area contributed by atoms with Crippen LogP contribution in [0.2, 0.25) is 0 Å². The number of phenolic OH excluding ortho intramolecular Hbond substituents is 1. The van der Waals surface area contributed by atoms with Gasteiger partial charge in [0.05, 0.1) is 16.9 Å². The minimum absolute atomic E-state index is 0.00149. The summed E-state index contributed by atoms with van der Waals surface area (Å²) < 4.78 is 5.04. The van der Waals surface area contributed by atoms with Crippen LogP contribution in [0.15, 0.2) is 52.3 Å². The Hall–Kier alpha value is -2.21. The molecule has 0 aliphatic rings. The van der Waals surface area contributed by atoms with Crippen LogP contribution in [0.5, 0.6) is 11.5 Å². The van der Waals surface area contributed by atoms with Crippen molar-refractivity contribution >= 4 is 17.4 Å². The number of nitrogens with zero attached hydrogens (tertiary/aromatic N) is 1. The zero-order valence-corrected chi connectivity index (χ0v) is 10.9. The normalized spacial score (nSPS) is 10.2. The molecule has 0 atom stereocenters. The number of nitro benzene ring substituents is 1. The zero-order chi connectivity index (χ0) is 13.8. The van der Waals surface area contributed by atoms with Gasteiger partial charge in [0.25, 0.3) is 5.69 Å². The van der Waals surface area contributed by atoms with Crippen LogP contribution in [0.25, 0.3) is 0 Å². The first-order valence-corrected chi connectivity index (χ1v) is 6.21. The van der Waals surface area contributed by atoms with Gasteiger partial charge in [-0.15, -0.1) is 0 Å². The van der Waals surface area contributed by atoms with Crippen LogP contribution in [0, 0.1) is 10.1 Å². The highest BCUT2D eigenvalue weighted by Crippen LogP contribution is 2.37. The molecule has 0 fully saturated rings. The van der Waals surface area contributed by atoms with Crippen molar-refractivity contribution in [2.24, 2.45) is 0 Å². The van der Waals surface area contributed by atoms with Crippen molar-refractivity contribution in [1.82, 2.24) is 0 Å². The number of hydrogen-bond donors (Lipinski definition) is 1. The van der Waals surface area contributed by atoms with Crippen LogP contribution >= 0.6 is 11.8 Å². The van der Waals surface area contributed by atoms with Gasteiger partial charge >= 0.3 is 0 Å². The van der Waals surface area contributed by atoms with E-state index in [-0.39, 0.29) is 11.4 Å². The number of phenols is 1. The van der Waals surface area contributed by atoms with Crippen LogP contribution in [0.4, 0.5) is 5.69 Å². The summed E-state index contributed by atoms with van der Waals surface area (Å²) in [7, 11) is 1.57. The van der Waals surface area contributed by atoms with Gasteiger partial charge in [-0.3, -0.25) is 10.1 Å². The van der Waals surface area contributed by atoms with Crippen LogP contribution in [0.3, 0.4) is 0 Å². The molecule has 0 amide bonds. The zero-order valence-electron chi connectivity index (χ0n) is 10.1. The standard InChI is InChI=1S/C13H11NO4S/c1-18-10-3-5-11(6-4-10)19-13-8-9(15)2-7-12(13)14(16)17/h2-8,15H,1H3. The number of aromatic hydroxyl groups is 1. The Morgan fingerprint density at radius 1 is 1.21 bits per heavy atom. The van der Waals surface area contributed by atoms with Crippen molar-refractivity contribution in [3.05, 3.63) is 52.6 Å². The van der Waals surface area contributed by atoms with Crippen molar-refractivity contribution in [2.45, 2.75) is 9.79 Å². The Bertz CT molecular complexity index is 598. The molecular formula is C13H11NO4S. The van der Waals surface area contributed by atoms with Crippen LogP contribution in [-0.4, -0.2) is 17.1 Å². The molecule has 98 valence electrons. The predicted molar refractivity (Wildman–Crippen MR) is 71.9 cm³/mol. The first-order chi connectivity index (χ1) is 9.10. The average Bonchev–Trinajstić information content (AvgIpc) is 2.39. The fourth-order valence-electron chi connectivity index (χ4n) is 1.51. The molecule has 0 radical (unpaired) electrons. The predicted octanol–water partition coefficient (Wildman–Crippen LogP) is 3.46. The summed E-state index contributed by atoms with van der Waals surface area (Å²) in [5, 5.41) is 20.3. The van der Waals surface area contributed by atoms with Gasteiger partial charge in [0.15, 0.2) is 0 Å². The molecule has 0 unspecified atom stereocenters. The van der Waals surface area contributed by atoms with Gasteiger partial charge in [-0.25, -0.2) is 0 Å². The van der Waals surface area contributed by atoms with E-state index in [4.69, 9.17) is 4.74 Å². The van der Waals surface area contributed by atoms with Crippen molar-refractivity contribution < 1.29 is 14.8 Å². The minimum atomic E-state index is -0.467. The van der Waals surface area contributed by atoms with E-state index in [0.29, 0.717) is 4.90 Å². The van der Waals surface area contributed by atoms with Crippen LogP contribution in [0.1, 0.15) is 0 Å². The van der Waals surface area contributed by atoms with E-state index in [2.05, 4.69) is 0 Å². The summed E-state index contributed by atoms with van der Waals surface area (Å²) in [6.45, 7) is 0. The molecule has 0 spiro atoms. The average molecular weight is 277 g/mol. The molecular weight excluding hydrogens is 266 g/mol. The largest absolute Gasteiger partial charge is 0.508 e. The third kappa shape index (κ3) is 3.17. The lowest BCUT2D eigenvalue weighted by atomic mass is 10.3. The molecule has 2 aromatic carbocycles. The fourth-order valence-corrected chi connectivity index (χ4v) is 2.46. The molecule has 0 saturated carbocycles. The SMILES string of the molecule is COc1ccc(Sc2cc(O)ccc2[N+](=O)[O-])cc1. The summed E-state index contributed by atoms with van der Waals surface area (Å²) in [5.41, 5.74) is -0.0291. The molecule has 2 aromatic rings. The number of hydrogen-bond acceptors (Lipinski definition) is 5. The third-order valence-electron chi connectivity index (χ3n) is 2.43. The number of ether oxygens (including phenoxy) is 1. The molecule has 6 heteroatoms. The van der Waals surface area contributed by atoms with E-state index in [9.17, 15) is 15.2 Å². The molecule has 1 N–H and O–H groups in total. The molecule has 0 aromatic heterocycles. The summed E-state index contributed by atoms with van der Waals surface area (Å²) in [6.07, 6.45) is 0.